The van der Waals surface area contributed by atoms with Crippen LogP contribution in [-0.2, 0) is 14.1 Å². The molecule has 0 aliphatic carbocycles. The standard InChI is InChI=1S/C26H16Cl2N4O2S2/c1-31-11-29-23-17(25(31)33)9-19(35-23)15-7-3-5-13(21(15)27)14-6-4-8-16(22(14)28)20-10-18-24(36-20)30-12-32(2)26(18)34/h3-12H,1-2H3. The number of aryl methyl sites for hydroxylation is 2. The van der Waals surface area contributed by atoms with Crippen molar-refractivity contribution >= 4 is 66.3 Å². The van der Waals surface area contributed by atoms with Gasteiger partial charge in [-0.15, -0.1) is 22.7 Å². The van der Waals surface area contributed by atoms with Crippen LogP contribution in [0.4, 0.5) is 0 Å². The molecule has 6 nitrogen and oxygen atoms in total. The van der Waals surface area contributed by atoms with E-state index in [1.165, 1.54) is 44.5 Å². The second-order valence-electron chi connectivity index (χ2n) is 8.31. The van der Waals surface area contributed by atoms with E-state index in [2.05, 4.69) is 9.97 Å². The normalized spacial score (nSPS) is 11.6. The third kappa shape index (κ3) is 3.60. The zero-order valence-electron chi connectivity index (χ0n) is 19.0. The van der Waals surface area contributed by atoms with Gasteiger partial charge in [-0.1, -0.05) is 59.6 Å². The van der Waals surface area contributed by atoms with Crippen molar-refractivity contribution < 1.29 is 0 Å². The highest BCUT2D eigenvalue weighted by Gasteiger charge is 2.19. The lowest BCUT2D eigenvalue weighted by molar-refractivity contribution is 0.844. The SMILES string of the molecule is Cn1cnc2sc(-c3cccc(-c4cccc(-c5cc6c(=O)n(C)cnc6s5)c4Cl)c3Cl)cc2c1=O. The molecule has 0 aliphatic rings. The number of hydrogen-bond donors (Lipinski definition) is 0. The fourth-order valence-electron chi connectivity index (χ4n) is 4.15. The molecule has 0 amide bonds. The van der Waals surface area contributed by atoms with Crippen molar-refractivity contribution in [3.63, 3.8) is 0 Å². The van der Waals surface area contributed by atoms with Crippen molar-refractivity contribution in [3.05, 3.63) is 91.9 Å². The number of aromatic nitrogens is 4. The number of nitrogens with zero attached hydrogens (tertiary/aromatic N) is 4. The Labute approximate surface area is 222 Å². The Kier molecular flexibility index (Phi) is 5.57. The predicted molar refractivity (Wildman–Crippen MR) is 150 cm³/mol. The molecule has 0 saturated carbocycles. The molecule has 0 radical (unpaired) electrons. The summed E-state index contributed by atoms with van der Waals surface area (Å²) in [4.78, 5) is 36.8. The van der Waals surface area contributed by atoms with Gasteiger partial charge in [0.1, 0.15) is 9.66 Å². The number of halogens is 2. The van der Waals surface area contributed by atoms with E-state index in [1.54, 1.807) is 14.1 Å². The largest absolute Gasteiger partial charge is 0.302 e. The van der Waals surface area contributed by atoms with E-state index in [0.29, 0.717) is 30.5 Å². The molecule has 0 spiro atoms. The summed E-state index contributed by atoms with van der Waals surface area (Å²) in [5.41, 5.74) is 2.95. The first kappa shape index (κ1) is 23.1. The highest BCUT2D eigenvalue weighted by atomic mass is 35.5. The fraction of sp³-hybridized carbons (Fsp3) is 0.0769. The van der Waals surface area contributed by atoms with Gasteiger partial charge in [-0.25, -0.2) is 9.97 Å². The predicted octanol–water partition coefficient (Wildman–Crippen LogP) is 6.61. The fourth-order valence-corrected chi connectivity index (χ4v) is 6.96. The Bertz CT molecular complexity index is 1810. The van der Waals surface area contributed by atoms with Gasteiger partial charge in [0.25, 0.3) is 11.1 Å². The van der Waals surface area contributed by atoms with E-state index < -0.39 is 0 Å². The molecular weight excluding hydrogens is 535 g/mol. The molecule has 4 heterocycles. The van der Waals surface area contributed by atoms with Gasteiger partial charge in [-0.2, -0.15) is 0 Å². The average Bonchev–Trinajstić information content (AvgIpc) is 3.50. The van der Waals surface area contributed by atoms with Gasteiger partial charge in [-0.05, 0) is 12.1 Å². The minimum Gasteiger partial charge on any atom is -0.302 e. The van der Waals surface area contributed by atoms with Crippen LogP contribution in [0.5, 0.6) is 0 Å². The quantitative estimate of drug-likeness (QED) is 0.248. The highest BCUT2D eigenvalue weighted by molar-refractivity contribution is 7.22. The van der Waals surface area contributed by atoms with Crippen molar-refractivity contribution in [2.75, 3.05) is 0 Å². The molecule has 10 heteroatoms. The van der Waals surface area contributed by atoms with Gasteiger partial charge in [0.2, 0.25) is 0 Å². The maximum atomic E-state index is 12.5. The van der Waals surface area contributed by atoms with Crippen molar-refractivity contribution in [2.24, 2.45) is 14.1 Å². The maximum Gasteiger partial charge on any atom is 0.261 e. The van der Waals surface area contributed by atoms with Gasteiger partial charge in [0.05, 0.1) is 33.5 Å². The Morgan fingerprint density at radius 3 is 1.47 bits per heavy atom. The van der Waals surface area contributed by atoms with Crippen molar-refractivity contribution in [2.45, 2.75) is 0 Å². The molecule has 6 aromatic rings. The monoisotopic (exact) mass is 550 g/mol. The number of benzene rings is 2. The highest BCUT2D eigenvalue weighted by Crippen LogP contribution is 2.45. The molecule has 0 saturated heterocycles. The summed E-state index contributed by atoms with van der Waals surface area (Å²) in [7, 11) is 3.36. The Morgan fingerprint density at radius 2 is 1.06 bits per heavy atom. The first-order valence-electron chi connectivity index (χ1n) is 10.8. The Hall–Kier alpha value is -3.30. The molecule has 2 aromatic carbocycles. The zero-order valence-corrected chi connectivity index (χ0v) is 22.1. The third-order valence-corrected chi connectivity index (χ3v) is 9.01. The average molecular weight is 551 g/mol. The molecule has 36 heavy (non-hydrogen) atoms. The molecule has 0 unspecified atom stereocenters. The van der Waals surface area contributed by atoms with Crippen LogP contribution < -0.4 is 11.1 Å². The van der Waals surface area contributed by atoms with Crippen LogP contribution in [-0.4, -0.2) is 19.1 Å². The molecule has 178 valence electrons. The topological polar surface area (TPSA) is 69.8 Å². The molecule has 6 rings (SSSR count). The number of hydrogen-bond acceptors (Lipinski definition) is 6. The van der Waals surface area contributed by atoms with E-state index in [1.807, 2.05) is 48.5 Å². The van der Waals surface area contributed by atoms with Crippen molar-refractivity contribution in [3.8, 4) is 32.0 Å². The summed E-state index contributed by atoms with van der Waals surface area (Å²) in [5, 5.41) is 2.19. The van der Waals surface area contributed by atoms with Crippen LogP contribution in [0.1, 0.15) is 0 Å². The summed E-state index contributed by atoms with van der Waals surface area (Å²) in [6, 6.07) is 15.2. The lowest BCUT2D eigenvalue weighted by Crippen LogP contribution is -2.15. The summed E-state index contributed by atoms with van der Waals surface area (Å²) in [6.07, 6.45) is 3.04. The number of thiophene rings is 2. The summed E-state index contributed by atoms with van der Waals surface area (Å²) in [6.45, 7) is 0. The minimum atomic E-state index is -0.0989. The third-order valence-electron chi connectivity index (χ3n) is 6.04. The van der Waals surface area contributed by atoms with Crippen LogP contribution in [0.2, 0.25) is 10.0 Å². The smallest absolute Gasteiger partial charge is 0.261 e. The number of rotatable bonds is 3. The molecule has 0 fully saturated rings. The summed E-state index contributed by atoms with van der Waals surface area (Å²) < 4.78 is 2.92. The van der Waals surface area contributed by atoms with Crippen LogP contribution in [0.25, 0.3) is 52.4 Å². The molecular formula is C26H16Cl2N4O2S2. The van der Waals surface area contributed by atoms with Crippen LogP contribution >= 0.6 is 45.9 Å². The molecule has 0 N–H and O–H groups in total. The maximum absolute atomic E-state index is 12.5. The van der Waals surface area contributed by atoms with Gasteiger partial charge < -0.3 is 9.13 Å². The second kappa shape index (κ2) is 8.67. The van der Waals surface area contributed by atoms with Crippen LogP contribution in [0.3, 0.4) is 0 Å². The summed E-state index contributed by atoms with van der Waals surface area (Å²) >= 11 is 16.7. The molecule has 0 aliphatic heterocycles. The van der Waals surface area contributed by atoms with Crippen LogP contribution in [0.15, 0.2) is 70.8 Å². The van der Waals surface area contributed by atoms with Gasteiger partial charge in [0, 0.05) is 46.1 Å². The molecule has 4 aromatic heterocycles. The van der Waals surface area contributed by atoms with E-state index in [-0.39, 0.29) is 11.1 Å². The first-order valence-corrected chi connectivity index (χ1v) is 13.2. The molecule has 0 atom stereocenters. The molecule has 0 bridgehead atoms. The Morgan fingerprint density at radius 1 is 0.667 bits per heavy atom. The van der Waals surface area contributed by atoms with E-state index in [0.717, 1.165) is 32.0 Å². The van der Waals surface area contributed by atoms with Crippen molar-refractivity contribution in [1.29, 1.82) is 0 Å². The Balaban J connectivity index is 1.49. The zero-order chi connectivity index (χ0) is 25.1. The van der Waals surface area contributed by atoms with Crippen molar-refractivity contribution in [1.82, 2.24) is 19.1 Å². The number of fused-ring (bicyclic) bond motifs is 2. The van der Waals surface area contributed by atoms with Gasteiger partial charge >= 0.3 is 0 Å². The van der Waals surface area contributed by atoms with E-state index in [9.17, 15) is 9.59 Å². The van der Waals surface area contributed by atoms with Crippen LogP contribution in [0, 0.1) is 0 Å². The lowest BCUT2D eigenvalue weighted by Gasteiger charge is -2.12. The van der Waals surface area contributed by atoms with Gasteiger partial charge in [-0.3, -0.25) is 9.59 Å². The lowest BCUT2D eigenvalue weighted by atomic mass is 9.99. The van der Waals surface area contributed by atoms with E-state index >= 15 is 0 Å². The minimum absolute atomic E-state index is 0.0989. The van der Waals surface area contributed by atoms with Gasteiger partial charge in [0.15, 0.2) is 0 Å². The second-order valence-corrected chi connectivity index (χ2v) is 11.1. The first-order chi connectivity index (χ1) is 17.3. The summed E-state index contributed by atoms with van der Waals surface area (Å²) in [5.74, 6) is 0. The van der Waals surface area contributed by atoms with E-state index in [4.69, 9.17) is 23.2 Å².